The lowest BCUT2D eigenvalue weighted by atomic mass is 10.6. The van der Waals surface area contributed by atoms with Crippen molar-refractivity contribution in [2.75, 3.05) is 26.3 Å². The zero-order valence-electron chi connectivity index (χ0n) is 8.34. The lowest BCUT2D eigenvalue weighted by Crippen LogP contribution is -2.38. The Balaban J connectivity index is 0. The van der Waals surface area contributed by atoms with Crippen molar-refractivity contribution in [2.24, 2.45) is 0 Å². The van der Waals surface area contributed by atoms with Crippen LogP contribution in [0, 0.1) is 0 Å². The predicted octanol–water partition coefficient (Wildman–Crippen LogP) is -2.57. The zero-order valence-corrected chi connectivity index (χ0v) is 8.34. The van der Waals surface area contributed by atoms with Crippen molar-refractivity contribution >= 4 is 18.0 Å². The van der Waals surface area contributed by atoms with Crippen LogP contribution in [0.2, 0.25) is 0 Å². The first-order chi connectivity index (χ1) is 7.45. The van der Waals surface area contributed by atoms with Gasteiger partial charge in [-0.15, -0.1) is 0 Å². The van der Waals surface area contributed by atoms with E-state index in [0.717, 1.165) is 0 Å². The van der Waals surface area contributed by atoms with E-state index in [1.54, 1.807) is 0 Å². The fourth-order valence-electron chi connectivity index (χ4n) is 0.401. The molecule has 2 amide bonds. The number of carboxylic acid groups (broad SMARTS) is 2. The SMILES string of the molecule is O=C(NCCO)NCCO.O=C(O)C(=O)O. The molecule has 0 radical (unpaired) electrons. The number of amides is 2. The van der Waals surface area contributed by atoms with Gasteiger partial charge in [0.1, 0.15) is 0 Å². The van der Waals surface area contributed by atoms with Gasteiger partial charge in [-0.3, -0.25) is 0 Å². The molecule has 0 saturated heterocycles. The Kier molecular flexibility index (Phi) is 11.6. The lowest BCUT2D eigenvalue weighted by molar-refractivity contribution is -0.159. The van der Waals surface area contributed by atoms with Crippen LogP contribution in [0.4, 0.5) is 4.79 Å². The monoisotopic (exact) mass is 238 g/mol. The van der Waals surface area contributed by atoms with Crippen molar-refractivity contribution < 1.29 is 34.8 Å². The van der Waals surface area contributed by atoms with Crippen LogP contribution >= 0.6 is 0 Å². The Labute approximate surface area is 90.7 Å². The minimum Gasteiger partial charge on any atom is -0.473 e. The number of hydrogen-bond donors (Lipinski definition) is 6. The number of carbonyl (C=O) groups is 3. The van der Waals surface area contributed by atoms with Crippen LogP contribution in [-0.2, 0) is 9.59 Å². The maximum absolute atomic E-state index is 10.5. The van der Waals surface area contributed by atoms with Crippen LogP contribution in [0.1, 0.15) is 0 Å². The third kappa shape index (κ3) is 14.6. The fourth-order valence-corrected chi connectivity index (χ4v) is 0.401. The molecule has 0 fully saturated rings. The van der Waals surface area contributed by atoms with Crippen molar-refractivity contribution in [2.45, 2.75) is 0 Å². The molecule has 0 aliphatic rings. The second kappa shape index (κ2) is 11.2. The largest absolute Gasteiger partial charge is 0.473 e. The highest BCUT2D eigenvalue weighted by Crippen LogP contribution is 1.62. The Morgan fingerprint density at radius 1 is 0.812 bits per heavy atom. The highest BCUT2D eigenvalue weighted by Gasteiger charge is 2.04. The van der Waals surface area contributed by atoms with Gasteiger partial charge in [0.15, 0.2) is 0 Å². The minimum atomic E-state index is -1.82. The van der Waals surface area contributed by atoms with Gasteiger partial charge in [-0.25, -0.2) is 14.4 Å². The van der Waals surface area contributed by atoms with E-state index in [9.17, 15) is 4.79 Å². The van der Waals surface area contributed by atoms with Crippen LogP contribution in [0.25, 0.3) is 0 Å². The van der Waals surface area contributed by atoms with Crippen molar-refractivity contribution in [1.29, 1.82) is 0 Å². The van der Waals surface area contributed by atoms with E-state index in [1.807, 2.05) is 0 Å². The highest BCUT2D eigenvalue weighted by atomic mass is 16.4. The molecule has 94 valence electrons. The van der Waals surface area contributed by atoms with Crippen LogP contribution in [0.15, 0.2) is 0 Å². The molecule has 0 bridgehead atoms. The molecule has 0 spiro atoms. The summed E-state index contributed by atoms with van der Waals surface area (Å²) in [5, 5.41) is 36.0. The molecule has 6 N–H and O–H groups in total. The molecular formula is C7H14N2O7. The van der Waals surface area contributed by atoms with Crippen molar-refractivity contribution in [3.05, 3.63) is 0 Å². The number of carboxylic acids is 2. The number of urea groups is 1. The van der Waals surface area contributed by atoms with Gasteiger partial charge in [-0.2, -0.15) is 0 Å². The Hall–Kier alpha value is -1.87. The molecule has 16 heavy (non-hydrogen) atoms. The Morgan fingerprint density at radius 3 is 1.31 bits per heavy atom. The minimum absolute atomic E-state index is 0.0768. The van der Waals surface area contributed by atoms with Crippen molar-refractivity contribution in [3.8, 4) is 0 Å². The van der Waals surface area contributed by atoms with E-state index >= 15 is 0 Å². The summed E-state index contributed by atoms with van der Waals surface area (Å²) in [7, 11) is 0. The van der Waals surface area contributed by atoms with Crippen LogP contribution in [0.5, 0.6) is 0 Å². The van der Waals surface area contributed by atoms with Gasteiger partial charge in [0.2, 0.25) is 0 Å². The number of aliphatic hydroxyl groups excluding tert-OH is 2. The quantitative estimate of drug-likeness (QED) is 0.294. The molecule has 0 aromatic carbocycles. The predicted molar refractivity (Wildman–Crippen MR) is 50.8 cm³/mol. The third-order valence-corrected chi connectivity index (χ3v) is 0.978. The molecule has 0 aromatic rings. The first-order valence-electron chi connectivity index (χ1n) is 4.15. The van der Waals surface area contributed by atoms with E-state index in [1.165, 1.54) is 0 Å². The summed E-state index contributed by atoms with van der Waals surface area (Å²) < 4.78 is 0. The van der Waals surface area contributed by atoms with E-state index in [0.29, 0.717) is 0 Å². The average molecular weight is 238 g/mol. The highest BCUT2D eigenvalue weighted by molar-refractivity contribution is 6.27. The van der Waals surface area contributed by atoms with Gasteiger partial charge in [0.25, 0.3) is 0 Å². The second-order valence-electron chi connectivity index (χ2n) is 2.24. The summed E-state index contributed by atoms with van der Waals surface area (Å²) in [6, 6.07) is -0.372. The molecule has 0 heterocycles. The molecule has 9 heteroatoms. The standard InChI is InChI=1S/C5H12N2O3.C2H2O4/c8-3-1-6-5(10)7-2-4-9;3-1(4)2(5)6/h8-9H,1-4H2,(H2,6,7,10);(H,3,4)(H,5,6). The number of aliphatic carboxylic acids is 2. The van der Waals surface area contributed by atoms with Gasteiger partial charge in [0, 0.05) is 13.1 Å². The van der Waals surface area contributed by atoms with Gasteiger partial charge >= 0.3 is 18.0 Å². The van der Waals surface area contributed by atoms with E-state index in [-0.39, 0.29) is 32.3 Å². The number of hydrogen-bond acceptors (Lipinski definition) is 5. The van der Waals surface area contributed by atoms with Gasteiger partial charge in [0.05, 0.1) is 13.2 Å². The maximum atomic E-state index is 10.5. The van der Waals surface area contributed by atoms with E-state index in [4.69, 9.17) is 30.0 Å². The van der Waals surface area contributed by atoms with Crippen molar-refractivity contribution in [3.63, 3.8) is 0 Å². The average Bonchev–Trinajstić information content (AvgIpc) is 2.24. The number of rotatable bonds is 4. The van der Waals surface area contributed by atoms with E-state index in [2.05, 4.69) is 10.6 Å². The zero-order chi connectivity index (χ0) is 13.0. The molecule has 0 aromatic heterocycles. The molecule has 0 unspecified atom stereocenters. The Bertz CT molecular complexity index is 209. The topological polar surface area (TPSA) is 156 Å². The molecule has 9 nitrogen and oxygen atoms in total. The molecule has 0 aliphatic carbocycles. The molecule has 0 rings (SSSR count). The first-order valence-corrected chi connectivity index (χ1v) is 4.15. The number of carbonyl (C=O) groups excluding carboxylic acids is 1. The van der Waals surface area contributed by atoms with E-state index < -0.39 is 11.9 Å². The smallest absolute Gasteiger partial charge is 0.414 e. The first kappa shape index (κ1) is 16.6. The molecule has 0 aliphatic heterocycles. The number of aliphatic hydroxyl groups is 2. The fraction of sp³-hybridized carbons (Fsp3) is 0.571. The van der Waals surface area contributed by atoms with Gasteiger partial charge in [-0.1, -0.05) is 0 Å². The van der Waals surface area contributed by atoms with Crippen LogP contribution < -0.4 is 10.6 Å². The molecule has 0 saturated carbocycles. The van der Waals surface area contributed by atoms with Crippen molar-refractivity contribution in [1.82, 2.24) is 10.6 Å². The maximum Gasteiger partial charge on any atom is 0.414 e. The van der Waals surface area contributed by atoms with Gasteiger partial charge in [-0.05, 0) is 0 Å². The Morgan fingerprint density at radius 2 is 1.12 bits per heavy atom. The normalized spacial score (nSPS) is 8.38. The van der Waals surface area contributed by atoms with Gasteiger partial charge < -0.3 is 31.1 Å². The van der Waals surface area contributed by atoms with Crippen LogP contribution in [-0.4, -0.2) is 64.7 Å². The second-order valence-corrected chi connectivity index (χ2v) is 2.24. The summed E-state index contributed by atoms with van der Waals surface area (Å²) in [6.07, 6.45) is 0. The summed E-state index contributed by atoms with van der Waals surface area (Å²) >= 11 is 0. The lowest BCUT2D eigenvalue weighted by Gasteiger charge is -2.03. The summed E-state index contributed by atoms with van der Waals surface area (Å²) in [5.41, 5.74) is 0. The molecular weight excluding hydrogens is 224 g/mol. The number of nitrogens with one attached hydrogen (secondary N) is 2. The summed E-state index contributed by atoms with van der Waals surface area (Å²) in [4.78, 5) is 28.7. The van der Waals surface area contributed by atoms with Crippen LogP contribution in [0.3, 0.4) is 0 Å². The third-order valence-electron chi connectivity index (χ3n) is 0.978. The molecule has 0 atom stereocenters. The summed E-state index contributed by atoms with van der Waals surface area (Å²) in [6.45, 7) is 0.313. The summed E-state index contributed by atoms with van der Waals surface area (Å²) in [5.74, 6) is -3.65.